The largest absolute Gasteiger partial charge is 0.300 e. The van der Waals surface area contributed by atoms with Crippen molar-refractivity contribution in [1.82, 2.24) is 4.90 Å². The van der Waals surface area contributed by atoms with Gasteiger partial charge in [-0.05, 0) is 72.4 Å². The fraction of sp³-hybridized carbons (Fsp3) is 0.750. The molecule has 2 aliphatic rings. The lowest BCUT2D eigenvalue weighted by Crippen LogP contribution is -2.38. The summed E-state index contributed by atoms with van der Waals surface area (Å²) >= 11 is 0. The van der Waals surface area contributed by atoms with Crippen molar-refractivity contribution in [3.05, 3.63) is 35.4 Å². The van der Waals surface area contributed by atoms with Gasteiger partial charge in [0.25, 0.3) is 0 Å². The van der Waals surface area contributed by atoms with Crippen LogP contribution in [0.15, 0.2) is 24.3 Å². The Morgan fingerprint density at radius 3 is 1.92 bits per heavy atom. The number of rotatable bonds is 2. The summed E-state index contributed by atoms with van der Waals surface area (Å²) in [5.41, 5.74) is 3.75. The standard InChI is InChI=1S/C24H39N/c1-23(2,3)20-9-7-18(8-10-20)19-15-16-25(17-19)22-13-11-21(12-14-22)24(4,5)6/h7-10,19,21-22H,11-17H2,1-6H3/t19?,21-,22+. The molecule has 1 unspecified atom stereocenters. The molecule has 140 valence electrons. The Labute approximate surface area is 156 Å². The lowest BCUT2D eigenvalue weighted by Gasteiger charge is -2.40. The molecule has 0 aromatic heterocycles. The van der Waals surface area contributed by atoms with Crippen molar-refractivity contribution in [2.45, 2.75) is 91.0 Å². The van der Waals surface area contributed by atoms with Crippen molar-refractivity contribution < 1.29 is 0 Å². The van der Waals surface area contributed by atoms with Gasteiger partial charge in [0.2, 0.25) is 0 Å². The van der Waals surface area contributed by atoms with Gasteiger partial charge in [0.15, 0.2) is 0 Å². The van der Waals surface area contributed by atoms with Crippen LogP contribution in [-0.2, 0) is 5.41 Å². The first-order valence-corrected chi connectivity index (χ1v) is 10.5. The quantitative estimate of drug-likeness (QED) is 0.603. The zero-order valence-corrected chi connectivity index (χ0v) is 17.4. The van der Waals surface area contributed by atoms with Crippen LogP contribution in [0.5, 0.6) is 0 Å². The van der Waals surface area contributed by atoms with Crippen LogP contribution in [0.1, 0.15) is 90.7 Å². The third-order valence-electron chi connectivity index (χ3n) is 6.91. The van der Waals surface area contributed by atoms with E-state index in [0.29, 0.717) is 5.41 Å². The highest BCUT2D eigenvalue weighted by molar-refractivity contribution is 5.30. The first-order chi connectivity index (χ1) is 11.6. The molecule has 1 saturated heterocycles. The third-order valence-corrected chi connectivity index (χ3v) is 6.91. The molecule has 1 aromatic carbocycles. The van der Waals surface area contributed by atoms with E-state index in [1.165, 1.54) is 50.8 Å². The number of benzene rings is 1. The predicted octanol–water partition coefficient (Wildman–Crippen LogP) is 6.38. The van der Waals surface area contributed by atoms with Gasteiger partial charge < -0.3 is 0 Å². The summed E-state index contributed by atoms with van der Waals surface area (Å²) in [4.78, 5) is 2.81. The molecule has 1 aromatic rings. The lowest BCUT2D eigenvalue weighted by atomic mass is 9.71. The second-order valence-electron chi connectivity index (χ2n) is 10.7. The predicted molar refractivity (Wildman–Crippen MR) is 109 cm³/mol. The molecular formula is C24H39N. The molecule has 1 heterocycles. The average molecular weight is 342 g/mol. The zero-order valence-electron chi connectivity index (χ0n) is 17.4. The smallest absolute Gasteiger partial charge is 0.00957 e. The zero-order chi connectivity index (χ0) is 18.2. The van der Waals surface area contributed by atoms with Gasteiger partial charge in [-0.1, -0.05) is 65.8 Å². The van der Waals surface area contributed by atoms with E-state index >= 15 is 0 Å². The van der Waals surface area contributed by atoms with Crippen LogP contribution in [-0.4, -0.2) is 24.0 Å². The highest BCUT2D eigenvalue weighted by Gasteiger charge is 2.34. The first-order valence-electron chi connectivity index (χ1n) is 10.5. The summed E-state index contributed by atoms with van der Waals surface area (Å²) in [7, 11) is 0. The van der Waals surface area contributed by atoms with Crippen LogP contribution in [0, 0.1) is 11.3 Å². The molecule has 25 heavy (non-hydrogen) atoms. The number of hydrogen-bond acceptors (Lipinski definition) is 1. The topological polar surface area (TPSA) is 3.24 Å². The molecule has 0 N–H and O–H groups in total. The van der Waals surface area contributed by atoms with Crippen molar-refractivity contribution in [2.75, 3.05) is 13.1 Å². The molecular weight excluding hydrogens is 302 g/mol. The molecule has 1 nitrogen and oxygen atoms in total. The molecule has 1 aliphatic carbocycles. The fourth-order valence-electron chi connectivity index (χ4n) is 4.95. The van der Waals surface area contributed by atoms with Crippen molar-refractivity contribution in [2.24, 2.45) is 11.3 Å². The molecule has 2 fully saturated rings. The lowest BCUT2D eigenvalue weighted by molar-refractivity contribution is 0.110. The normalized spacial score (nSPS) is 29.1. The first kappa shape index (κ1) is 19.0. The van der Waals surface area contributed by atoms with Gasteiger partial charge in [0.1, 0.15) is 0 Å². The summed E-state index contributed by atoms with van der Waals surface area (Å²) in [6.07, 6.45) is 7.02. The highest BCUT2D eigenvalue weighted by Crippen LogP contribution is 2.40. The van der Waals surface area contributed by atoms with Crippen molar-refractivity contribution in [3.8, 4) is 0 Å². The highest BCUT2D eigenvalue weighted by atomic mass is 15.2. The SMILES string of the molecule is CC(C)(C)c1ccc(C2CCN([C@H]3CC[C@@H](C(C)(C)C)CC3)C2)cc1. The van der Waals surface area contributed by atoms with Gasteiger partial charge in [-0.3, -0.25) is 4.90 Å². The van der Waals surface area contributed by atoms with Gasteiger partial charge in [0.05, 0.1) is 0 Å². The minimum atomic E-state index is 0.256. The van der Waals surface area contributed by atoms with Crippen LogP contribution in [0.3, 0.4) is 0 Å². The van der Waals surface area contributed by atoms with E-state index in [2.05, 4.69) is 70.7 Å². The van der Waals surface area contributed by atoms with E-state index < -0.39 is 0 Å². The number of nitrogens with zero attached hydrogens (tertiary/aromatic N) is 1. The molecule has 1 aliphatic heterocycles. The average Bonchev–Trinajstić information content (AvgIpc) is 3.03. The molecule has 3 rings (SSSR count). The van der Waals surface area contributed by atoms with E-state index in [1.54, 1.807) is 5.56 Å². The molecule has 0 amide bonds. The van der Waals surface area contributed by atoms with Crippen LogP contribution in [0.25, 0.3) is 0 Å². The molecule has 0 bridgehead atoms. The Balaban J connectivity index is 1.56. The Morgan fingerprint density at radius 2 is 1.40 bits per heavy atom. The monoisotopic (exact) mass is 341 g/mol. The maximum atomic E-state index is 2.81. The molecule has 0 radical (unpaired) electrons. The summed E-state index contributed by atoms with van der Waals surface area (Å²) in [6, 6.07) is 10.3. The molecule has 0 spiro atoms. The van der Waals surface area contributed by atoms with Crippen LogP contribution in [0.2, 0.25) is 0 Å². The van der Waals surface area contributed by atoms with E-state index in [0.717, 1.165) is 17.9 Å². The van der Waals surface area contributed by atoms with Gasteiger partial charge >= 0.3 is 0 Å². The van der Waals surface area contributed by atoms with Gasteiger partial charge in [-0.2, -0.15) is 0 Å². The summed E-state index contributed by atoms with van der Waals surface area (Å²) in [5, 5.41) is 0. The Kier molecular flexibility index (Phi) is 5.36. The van der Waals surface area contributed by atoms with E-state index in [9.17, 15) is 0 Å². The van der Waals surface area contributed by atoms with Crippen LogP contribution >= 0.6 is 0 Å². The summed E-state index contributed by atoms with van der Waals surface area (Å²) in [5.74, 6) is 1.67. The van der Waals surface area contributed by atoms with Gasteiger partial charge in [0, 0.05) is 12.6 Å². The van der Waals surface area contributed by atoms with E-state index in [4.69, 9.17) is 0 Å². The number of hydrogen-bond donors (Lipinski definition) is 0. The molecule has 1 atom stereocenters. The second kappa shape index (κ2) is 7.06. The Bertz CT molecular complexity index is 549. The van der Waals surface area contributed by atoms with Gasteiger partial charge in [-0.25, -0.2) is 0 Å². The third kappa shape index (κ3) is 4.48. The maximum absolute atomic E-state index is 2.81. The van der Waals surface area contributed by atoms with Crippen molar-refractivity contribution in [3.63, 3.8) is 0 Å². The Hall–Kier alpha value is -0.820. The summed E-state index contributed by atoms with van der Waals surface area (Å²) in [6.45, 7) is 16.7. The number of likely N-dealkylation sites (tertiary alicyclic amines) is 1. The van der Waals surface area contributed by atoms with Gasteiger partial charge in [-0.15, -0.1) is 0 Å². The van der Waals surface area contributed by atoms with Crippen LogP contribution < -0.4 is 0 Å². The van der Waals surface area contributed by atoms with Crippen LogP contribution in [0.4, 0.5) is 0 Å². The van der Waals surface area contributed by atoms with E-state index in [1.807, 2.05) is 0 Å². The molecule has 1 heteroatoms. The van der Waals surface area contributed by atoms with Crippen molar-refractivity contribution in [1.29, 1.82) is 0 Å². The maximum Gasteiger partial charge on any atom is 0.00957 e. The Morgan fingerprint density at radius 1 is 0.800 bits per heavy atom. The van der Waals surface area contributed by atoms with Crippen molar-refractivity contribution >= 4 is 0 Å². The van der Waals surface area contributed by atoms with E-state index in [-0.39, 0.29) is 5.41 Å². The fourth-order valence-corrected chi connectivity index (χ4v) is 4.95. The summed E-state index contributed by atoms with van der Waals surface area (Å²) < 4.78 is 0. The molecule has 1 saturated carbocycles. The second-order valence-corrected chi connectivity index (χ2v) is 10.7. The minimum Gasteiger partial charge on any atom is -0.300 e. The minimum absolute atomic E-state index is 0.256.